The Morgan fingerprint density at radius 3 is 2.79 bits per heavy atom. The van der Waals surface area contributed by atoms with Gasteiger partial charge in [0.25, 0.3) is 0 Å². The Kier molecular flexibility index (Phi) is 3.69. The average molecular weight is 256 g/mol. The van der Waals surface area contributed by atoms with Crippen LogP contribution in [0.2, 0.25) is 0 Å². The summed E-state index contributed by atoms with van der Waals surface area (Å²) in [6, 6.07) is 12.6. The number of fused-ring (bicyclic) bond motifs is 1. The summed E-state index contributed by atoms with van der Waals surface area (Å²) in [6.07, 6.45) is 6.65. The third-order valence-electron chi connectivity index (χ3n) is 4.08. The van der Waals surface area contributed by atoms with Crippen molar-refractivity contribution < 1.29 is 9.15 Å². The molecule has 0 N–H and O–H groups in total. The molecule has 0 fully saturated rings. The maximum Gasteiger partial charge on any atom is 0.112 e. The van der Waals surface area contributed by atoms with E-state index in [1.54, 1.807) is 7.11 Å². The summed E-state index contributed by atoms with van der Waals surface area (Å²) in [5, 5.41) is 0. The van der Waals surface area contributed by atoms with Gasteiger partial charge in [-0.25, -0.2) is 0 Å². The maximum absolute atomic E-state index is 5.80. The molecular weight excluding hydrogens is 236 g/mol. The first-order chi connectivity index (χ1) is 9.40. The fraction of sp³-hybridized carbons (Fsp3) is 0.412. The van der Waals surface area contributed by atoms with Crippen molar-refractivity contribution in [2.75, 3.05) is 7.11 Å². The number of ether oxygens (including phenoxy) is 1. The molecule has 1 aromatic carbocycles. The van der Waals surface area contributed by atoms with E-state index >= 15 is 0 Å². The van der Waals surface area contributed by atoms with Gasteiger partial charge in [0.2, 0.25) is 0 Å². The Bertz CT molecular complexity index is 515. The van der Waals surface area contributed by atoms with Crippen LogP contribution in [0.4, 0.5) is 0 Å². The molecule has 3 rings (SSSR count). The minimum Gasteiger partial charge on any atom is -0.469 e. The van der Waals surface area contributed by atoms with E-state index in [9.17, 15) is 0 Å². The number of methoxy groups -OCH3 is 1. The molecule has 2 unspecified atom stereocenters. The van der Waals surface area contributed by atoms with Crippen LogP contribution < -0.4 is 0 Å². The van der Waals surface area contributed by atoms with Gasteiger partial charge in [-0.3, -0.25) is 0 Å². The maximum atomic E-state index is 5.80. The number of hydrogen-bond acceptors (Lipinski definition) is 2. The zero-order valence-corrected chi connectivity index (χ0v) is 11.3. The van der Waals surface area contributed by atoms with Gasteiger partial charge in [-0.1, -0.05) is 36.8 Å². The Labute approximate surface area is 114 Å². The third kappa shape index (κ3) is 2.45. The van der Waals surface area contributed by atoms with Gasteiger partial charge in [0.1, 0.15) is 5.76 Å². The molecule has 1 aliphatic carbocycles. The van der Waals surface area contributed by atoms with Gasteiger partial charge in [0.15, 0.2) is 0 Å². The van der Waals surface area contributed by atoms with Gasteiger partial charge in [0.05, 0.1) is 12.4 Å². The van der Waals surface area contributed by atoms with Crippen LogP contribution in [-0.4, -0.2) is 7.11 Å². The fourth-order valence-corrected chi connectivity index (χ4v) is 3.15. The van der Waals surface area contributed by atoms with E-state index < -0.39 is 0 Å². The summed E-state index contributed by atoms with van der Waals surface area (Å²) < 4.78 is 11.6. The first kappa shape index (κ1) is 12.5. The van der Waals surface area contributed by atoms with Crippen molar-refractivity contribution in [3.05, 3.63) is 59.5 Å². The van der Waals surface area contributed by atoms with Crippen molar-refractivity contribution in [3.63, 3.8) is 0 Å². The Morgan fingerprint density at radius 1 is 1.16 bits per heavy atom. The SMILES string of the molecule is COC(c1ccccc1)C1CCCCc2ccoc21. The minimum atomic E-state index is 0.0872. The van der Waals surface area contributed by atoms with Crippen molar-refractivity contribution in [1.29, 1.82) is 0 Å². The van der Waals surface area contributed by atoms with Crippen molar-refractivity contribution >= 4 is 0 Å². The van der Waals surface area contributed by atoms with Crippen LogP contribution in [0, 0.1) is 0 Å². The molecule has 2 heteroatoms. The van der Waals surface area contributed by atoms with Crippen LogP contribution in [0.15, 0.2) is 47.1 Å². The molecule has 0 radical (unpaired) electrons. The topological polar surface area (TPSA) is 22.4 Å². The van der Waals surface area contributed by atoms with Gasteiger partial charge >= 0.3 is 0 Å². The highest BCUT2D eigenvalue weighted by atomic mass is 16.5. The smallest absolute Gasteiger partial charge is 0.112 e. The van der Waals surface area contributed by atoms with Crippen LogP contribution in [0.5, 0.6) is 0 Å². The second-order valence-electron chi connectivity index (χ2n) is 5.23. The number of rotatable bonds is 3. The molecular formula is C17H20O2. The molecule has 100 valence electrons. The quantitative estimate of drug-likeness (QED) is 0.756. The molecule has 0 amide bonds. The molecule has 1 aromatic heterocycles. The van der Waals surface area contributed by atoms with Crippen molar-refractivity contribution in [2.24, 2.45) is 0 Å². The third-order valence-corrected chi connectivity index (χ3v) is 4.08. The van der Waals surface area contributed by atoms with Crippen LogP contribution in [-0.2, 0) is 11.2 Å². The van der Waals surface area contributed by atoms with Gasteiger partial charge < -0.3 is 9.15 Å². The Hall–Kier alpha value is -1.54. The average Bonchev–Trinajstić information content (AvgIpc) is 2.83. The Balaban J connectivity index is 1.96. The van der Waals surface area contributed by atoms with E-state index in [1.807, 2.05) is 12.3 Å². The van der Waals surface area contributed by atoms with Gasteiger partial charge in [-0.05, 0) is 36.5 Å². The molecule has 0 aliphatic heterocycles. The molecule has 19 heavy (non-hydrogen) atoms. The van der Waals surface area contributed by atoms with E-state index in [0.29, 0.717) is 5.92 Å². The lowest BCUT2D eigenvalue weighted by Gasteiger charge is -2.24. The molecule has 0 saturated carbocycles. The summed E-state index contributed by atoms with van der Waals surface area (Å²) in [7, 11) is 1.80. The fourth-order valence-electron chi connectivity index (χ4n) is 3.15. The molecule has 0 spiro atoms. The lowest BCUT2D eigenvalue weighted by Crippen LogP contribution is -2.13. The summed E-state index contributed by atoms with van der Waals surface area (Å²) >= 11 is 0. The first-order valence-electron chi connectivity index (χ1n) is 7.04. The lowest BCUT2D eigenvalue weighted by molar-refractivity contribution is 0.0686. The summed E-state index contributed by atoms with van der Waals surface area (Å²) in [6.45, 7) is 0. The predicted octanol–water partition coefficient (Wildman–Crippen LogP) is 4.48. The number of benzene rings is 1. The number of furan rings is 1. The zero-order valence-electron chi connectivity index (χ0n) is 11.3. The molecule has 1 heterocycles. The second-order valence-corrected chi connectivity index (χ2v) is 5.23. The molecule has 0 saturated heterocycles. The standard InChI is InChI=1S/C17H20O2/c1-18-16(13-7-3-2-4-8-13)15-10-6-5-9-14-11-12-19-17(14)15/h2-4,7-8,11-12,15-16H,5-6,9-10H2,1H3. The number of hydrogen-bond donors (Lipinski definition) is 0. The van der Waals surface area contributed by atoms with Crippen LogP contribution in [0.25, 0.3) is 0 Å². The molecule has 2 atom stereocenters. The van der Waals surface area contributed by atoms with Crippen LogP contribution >= 0.6 is 0 Å². The largest absolute Gasteiger partial charge is 0.469 e. The van der Waals surface area contributed by atoms with E-state index in [-0.39, 0.29) is 6.10 Å². The van der Waals surface area contributed by atoms with Crippen molar-refractivity contribution in [1.82, 2.24) is 0 Å². The van der Waals surface area contributed by atoms with Crippen LogP contribution in [0.3, 0.4) is 0 Å². The zero-order chi connectivity index (χ0) is 13.1. The summed E-state index contributed by atoms with van der Waals surface area (Å²) in [5.74, 6) is 1.47. The van der Waals surface area contributed by atoms with E-state index in [1.165, 1.54) is 24.0 Å². The van der Waals surface area contributed by atoms with Crippen molar-refractivity contribution in [3.8, 4) is 0 Å². The molecule has 2 nitrogen and oxygen atoms in total. The Morgan fingerprint density at radius 2 is 2.00 bits per heavy atom. The highest BCUT2D eigenvalue weighted by Crippen LogP contribution is 2.41. The highest BCUT2D eigenvalue weighted by Gasteiger charge is 2.30. The molecule has 2 aromatic rings. The van der Waals surface area contributed by atoms with Gasteiger partial charge in [-0.15, -0.1) is 0 Å². The molecule has 1 aliphatic rings. The van der Waals surface area contributed by atoms with E-state index in [2.05, 4.69) is 30.3 Å². The summed E-state index contributed by atoms with van der Waals surface area (Å²) in [5.41, 5.74) is 2.60. The highest BCUT2D eigenvalue weighted by molar-refractivity contribution is 5.28. The summed E-state index contributed by atoms with van der Waals surface area (Å²) in [4.78, 5) is 0. The normalized spacial score (nSPS) is 20.6. The first-order valence-corrected chi connectivity index (χ1v) is 7.04. The predicted molar refractivity (Wildman–Crippen MR) is 75.2 cm³/mol. The lowest BCUT2D eigenvalue weighted by atomic mass is 9.89. The van der Waals surface area contributed by atoms with Crippen LogP contribution in [0.1, 0.15) is 48.2 Å². The second kappa shape index (κ2) is 5.62. The van der Waals surface area contributed by atoms with Crippen molar-refractivity contribution in [2.45, 2.75) is 37.7 Å². The van der Waals surface area contributed by atoms with Gasteiger partial charge in [-0.2, -0.15) is 0 Å². The van der Waals surface area contributed by atoms with E-state index in [0.717, 1.165) is 18.6 Å². The monoisotopic (exact) mass is 256 g/mol. The van der Waals surface area contributed by atoms with Gasteiger partial charge in [0, 0.05) is 13.0 Å². The molecule has 0 bridgehead atoms. The minimum absolute atomic E-state index is 0.0872. The number of aryl methyl sites for hydroxylation is 1. The van der Waals surface area contributed by atoms with E-state index in [4.69, 9.17) is 9.15 Å².